The van der Waals surface area contributed by atoms with Gasteiger partial charge >= 0.3 is 0 Å². The third-order valence-electron chi connectivity index (χ3n) is 5.75. The minimum absolute atomic E-state index is 0.844. The Kier molecular flexibility index (Phi) is 4.51. The maximum absolute atomic E-state index is 5.51. The summed E-state index contributed by atoms with van der Waals surface area (Å²) >= 11 is 0. The second-order valence-electron chi connectivity index (χ2n) is 7.41. The number of hydrogen-bond acceptors (Lipinski definition) is 4. The third-order valence-corrected chi connectivity index (χ3v) is 5.75. The highest BCUT2D eigenvalue weighted by atomic mass is 16.3. The normalized spacial score (nSPS) is 31.5. The van der Waals surface area contributed by atoms with E-state index in [4.69, 9.17) is 4.42 Å². The van der Waals surface area contributed by atoms with E-state index < -0.39 is 0 Å². The Morgan fingerprint density at radius 3 is 2.86 bits per heavy atom. The van der Waals surface area contributed by atoms with Crippen molar-refractivity contribution in [3.05, 3.63) is 24.2 Å². The minimum atomic E-state index is 0.844. The molecule has 2 unspecified atom stereocenters. The van der Waals surface area contributed by atoms with Crippen LogP contribution < -0.4 is 0 Å². The Morgan fingerprint density at radius 2 is 1.95 bits per heavy atom. The maximum atomic E-state index is 5.51. The number of nitrogens with zero attached hydrogens (tertiary/aromatic N) is 3. The summed E-state index contributed by atoms with van der Waals surface area (Å²) in [6.45, 7) is 10.0. The summed E-state index contributed by atoms with van der Waals surface area (Å²) in [6, 6.07) is 4.96. The van der Waals surface area contributed by atoms with Crippen LogP contribution in [0, 0.1) is 5.92 Å². The zero-order chi connectivity index (χ0) is 14.8. The molecule has 0 bridgehead atoms. The highest BCUT2D eigenvalue weighted by molar-refractivity contribution is 4.98. The number of piperazine rings is 1. The summed E-state index contributed by atoms with van der Waals surface area (Å²) in [6.07, 6.45) is 7.37. The van der Waals surface area contributed by atoms with Crippen molar-refractivity contribution < 1.29 is 4.42 Å². The Labute approximate surface area is 134 Å². The molecular formula is C18H29N3O. The number of hydrogen-bond donors (Lipinski definition) is 0. The lowest BCUT2D eigenvalue weighted by Gasteiger charge is -2.41. The van der Waals surface area contributed by atoms with Gasteiger partial charge in [0.05, 0.1) is 12.8 Å². The predicted octanol–water partition coefficient (Wildman–Crippen LogP) is 2.27. The molecule has 1 aromatic heterocycles. The summed E-state index contributed by atoms with van der Waals surface area (Å²) in [5.74, 6) is 1.96. The molecule has 0 radical (unpaired) electrons. The zero-order valence-electron chi connectivity index (χ0n) is 13.6. The molecule has 4 nitrogen and oxygen atoms in total. The molecule has 4 heteroatoms. The van der Waals surface area contributed by atoms with Crippen molar-refractivity contribution >= 4 is 0 Å². The summed E-state index contributed by atoms with van der Waals surface area (Å²) in [7, 11) is 0. The van der Waals surface area contributed by atoms with Crippen LogP contribution in [0.1, 0.15) is 31.4 Å². The lowest BCUT2D eigenvalue weighted by molar-refractivity contribution is 0.0688. The smallest absolute Gasteiger partial charge is 0.117 e. The first kappa shape index (κ1) is 14.7. The van der Waals surface area contributed by atoms with Gasteiger partial charge in [-0.15, -0.1) is 0 Å². The molecule has 0 aliphatic carbocycles. The molecule has 0 saturated carbocycles. The topological polar surface area (TPSA) is 22.9 Å². The van der Waals surface area contributed by atoms with Crippen LogP contribution in [0.2, 0.25) is 0 Å². The lowest BCUT2D eigenvalue weighted by atomic mass is 9.96. The van der Waals surface area contributed by atoms with Crippen molar-refractivity contribution in [1.29, 1.82) is 0 Å². The fourth-order valence-corrected chi connectivity index (χ4v) is 4.65. The highest BCUT2D eigenvalue weighted by Gasteiger charge is 2.32. The van der Waals surface area contributed by atoms with E-state index in [2.05, 4.69) is 20.8 Å². The van der Waals surface area contributed by atoms with Crippen LogP contribution in [0.25, 0.3) is 0 Å². The molecule has 0 spiro atoms. The van der Waals surface area contributed by atoms with Crippen molar-refractivity contribution in [2.24, 2.45) is 5.92 Å². The van der Waals surface area contributed by atoms with Gasteiger partial charge in [0.2, 0.25) is 0 Å². The van der Waals surface area contributed by atoms with Gasteiger partial charge in [-0.05, 0) is 56.8 Å². The Morgan fingerprint density at radius 1 is 1.00 bits per heavy atom. The van der Waals surface area contributed by atoms with E-state index in [-0.39, 0.29) is 0 Å². The average molecular weight is 303 g/mol. The zero-order valence-corrected chi connectivity index (χ0v) is 13.6. The first-order chi connectivity index (χ1) is 10.9. The van der Waals surface area contributed by atoms with E-state index >= 15 is 0 Å². The second-order valence-corrected chi connectivity index (χ2v) is 7.41. The van der Waals surface area contributed by atoms with E-state index in [1.165, 1.54) is 71.5 Å². The van der Waals surface area contributed by atoms with Crippen LogP contribution in [0.15, 0.2) is 22.8 Å². The molecule has 1 aromatic rings. The van der Waals surface area contributed by atoms with Crippen LogP contribution in [0.3, 0.4) is 0 Å². The fraction of sp³-hybridized carbons (Fsp3) is 0.778. The molecule has 122 valence electrons. The van der Waals surface area contributed by atoms with Crippen LogP contribution in [-0.4, -0.2) is 66.6 Å². The summed E-state index contributed by atoms with van der Waals surface area (Å²) in [5, 5.41) is 0. The average Bonchev–Trinajstić information content (AvgIpc) is 3.18. The summed E-state index contributed by atoms with van der Waals surface area (Å²) in [5.41, 5.74) is 0. The van der Waals surface area contributed by atoms with E-state index in [0.29, 0.717) is 0 Å². The molecule has 3 fully saturated rings. The third kappa shape index (κ3) is 3.39. The van der Waals surface area contributed by atoms with Gasteiger partial charge in [0.1, 0.15) is 5.76 Å². The lowest BCUT2D eigenvalue weighted by Crippen LogP contribution is -2.52. The quantitative estimate of drug-likeness (QED) is 0.851. The van der Waals surface area contributed by atoms with Gasteiger partial charge < -0.3 is 9.32 Å². The van der Waals surface area contributed by atoms with E-state index in [1.54, 1.807) is 6.26 Å². The number of likely N-dealkylation sites (tertiary alicyclic amines) is 1. The molecule has 3 aliphatic heterocycles. The van der Waals surface area contributed by atoms with Gasteiger partial charge in [-0.2, -0.15) is 0 Å². The SMILES string of the molecule is c1coc(CN2CCCC(CN3CCN4CCCC4C3)C2)c1. The van der Waals surface area contributed by atoms with Crippen LogP contribution in [0.5, 0.6) is 0 Å². The molecular weight excluding hydrogens is 274 g/mol. The number of rotatable bonds is 4. The van der Waals surface area contributed by atoms with Crippen molar-refractivity contribution in [3.8, 4) is 0 Å². The highest BCUT2D eigenvalue weighted by Crippen LogP contribution is 2.24. The van der Waals surface area contributed by atoms with E-state index in [0.717, 1.165) is 24.3 Å². The molecule has 0 N–H and O–H groups in total. The second kappa shape index (κ2) is 6.73. The van der Waals surface area contributed by atoms with Crippen molar-refractivity contribution in [3.63, 3.8) is 0 Å². The molecule has 22 heavy (non-hydrogen) atoms. The van der Waals surface area contributed by atoms with Crippen molar-refractivity contribution in [1.82, 2.24) is 14.7 Å². The van der Waals surface area contributed by atoms with Gasteiger partial charge in [-0.1, -0.05) is 0 Å². The molecule has 4 rings (SSSR count). The van der Waals surface area contributed by atoms with Gasteiger partial charge in [-0.25, -0.2) is 0 Å². The summed E-state index contributed by atoms with van der Waals surface area (Å²) < 4.78 is 5.51. The van der Waals surface area contributed by atoms with E-state index in [9.17, 15) is 0 Å². The van der Waals surface area contributed by atoms with Crippen molar-refractivity contribution in [2.75, 3.05) is 45.8 Å². The molecule has 3 saturated heterocycles. The number of piperidine rings is 1. The first-order valence-corrected chi connectivity index (χ1v) is 9.08. The molecule has 3 aliphatic rings. The Hall–Kier alpha value is -0.840. The van der Waals surface area contributed by atoms with Gasteiger partial charge in [0, 0.05) is 38.8 Å². The van der Waals surface area contributed by atoms with E-state index in [1.807, 2.05) is 6.07 Å². The van der Waals surface area contributed by atoms with Crippen LogP contribution >= 0.6 is 0 Å². The fourth-order valence-electron chi connectivity index (χ4n) is 4.65. The number of furan rings is 1. The maximum Gasteiger partial charge on any atom is 0.117 e. The monoisotopic (exact) mass is 303 g/mol. The molecule has 2 atom stereocenters. The van der Waals surface area contributed by atoms with Gasteiger partial charge in [0.15, 0.2) is 0 Å². The van der Waals surface area contributed by atoms with Crippen LogP contribution in [-0.2, 0) is 6.54 Å². The van der Waals surface area contributed by atoms with Crippen molar-refractivity contribution in [2.45, 2.75) is 38.3 Å². The molecule has 4 heterocycles. The Balaban J connectivity index is 1.27. The Bertz CT molecular complexity index is 461. The largest absolute Gasteiger partial charge is 0.468 e. The predicted molar refractivity (Wildman–Crippen MR) is 87.7 cm³/mol. The first-order valence-electron chi connectivity index (χ1n) is 9.08. The summed E-state index contributed by atoms with van der Waals surface area (Å²) in [4.78, 5) is 8.03. The number of fused-ring (bicyclic) bond motifs is 1. The molecule has 0 aromatic carbocycles. The standard InChI is InChI=1S/C18H29N3O/c1-4-16(12-19(7-1)15-18-6-3-11-22-18)13-20-9-10-21-8-2-5-17(21)14-20/h3,6,11,16-17H,1-2,4-5,7-10,12-15H2. The minimum Gasteiger partial charge on any atom is -0.468 e. The van der Waals surface area contributed by atoms with Crippen LogP contribution in [0.4, 0.5) is 0 Å². The molecule has 0 amide bonds. The van der Waals surface area contributed by atoms with Gasteiger partial charge in [0.25, 0.3) is 0 Å². The van der Waals surface area contributed by atoms with Gasteiger partial charge in [-0.3, -0.25) is 9.80 Å².